The number of nitrogens with zero attached hydrogens (tertiary/aromatic N) is 1. The standard InChI is InChI=1S/C15H24N2/c1-11-8-12(2)13(3)17(9-11)10-14-4-6-15(16)7-5-14/h4-7,11-13H,8-10,16H2,1-3H3. The molecule has 0 aliphatic carbocycles. The second-order valence-corrected chi connectivity index (χ2v) is 5.73. The lowest BCUT2D eigenvalue weighted by atomic mass is 9.86. The van der Waals surface area contributed by atoms with E-state index in [0.717, 1.165) is 24.1 Å². The average Bonchev–Trinajstić information content (AvgIpc) is 2.28. The van der Waals surface area contributed by atoms with Crippen LogP contribution < -0.4 is 5.73 Å². The minimum absolute atomic E-state index is 0.684. The molecule has 0 spiro atoms. The molecule has 2 rings (SSSR count). The van der Waals surface area contributed by atoms with E-state index in [2.05, 4.69) is 37.8 Å². The molecule has 0 saturated carbocycles. The first-order valence-electron chi connectivity index (χ1n) is 6.64. The maximum Gasteiger partial charge on any atom is 0.0314 e. The molecule has 1 saturated heterocycles. The number of hydrogen-bond acceptors (Lipinski definition) is 2. The minimum atomic E-state index is 0.684. The molecule has 1 aromatic carbocycles. The SMILES string of the molecule is CC1CC(C)C(C)N(Cc2ccc(N)cc2)C1. The summed E-state index contributed by atoms with van der Waals surface area (Å²) in [5.41, 5.74) is 7.93. The van der Waals surface area contributed by atoms with Crippen LogP contribution in [0, 0.1) is 11.8 Å². The van der Waals surface area contributed by atoms with E-state index in [9.17, 15) is 0 Å². The van der Waals surface area contributed by atoms with Gasteiger partial charge in [0.2, 0.25) is 0 Å². The fourth-order valence-corrected chi connectivity index (χ4v) is 2.90. The molecule has 1 aliphatic heterocycles. The molecular weight excluding hydrogens is 208 g/mol. The monoisotopic (exact) mass is 232 g/mol. The Kier molecular flexibility index (Phi) is 3.72. The molecule has 2 heteroatoms. The minimum Gasteiger partial charge on any atom is -0.399 e. The summed E-state index contributed by atoms with van der Waals surface area (Å²) >= 11 is 0. The summed E-state index contributed by atoms with van der Waals surface area (Å²) in [4.78, 5) is 2.60. The molecular formula is C15H24N2. The molecule has 3 unspecified atom stereocenters. The predicted molar refractivity (Wildman–Crippen MR) is 73.7 cm³/mol. The summed E-state index contributed by atoms with van der Waals surface area (Å²) in [6.07, 6.45) is 1.36. The van der Waals surface area contributed by atoms with Gasteiger partial charge in [0.25, 0.3) is 0 Å². The van der Waals surface area contributed by atoms with Gasteiger partial charge < -0.3 is 5.73 Å². The van der Waals surface area contributed by atoms with Gasteiger partial charge in [0.15, 0.2) is 0 Å². The van der Waals surface area contributed by atoms with Crippen molar-refractivity contribution in [2.24, 2.45) is 11.8 Å². The number of hydrogen-bond donors (Lipinski definition) is 1. The number of nitrogen functional groups attached to an aromatic ring is 1. The first-order valence-corrected chi connectivity index (χ1v) is 6.64. The van der Waals surface area contributed by atoms with Crippen molar-refractivity contribution in [3.8, 4) is 0 Å². The first kappa shape index (κ1) is 12.4. The second kappa shape index (κ2) is 5.09. The molecule has 0 bridgehead atoms. The van der Waals surface area contributed by atoms with E-state index in [4.69, 9.17) is 5.73 Å². The van der Waals surface area contributed by atoms with Gasteiger partial charge in [-0.3, -0.25) is 4.90 Å². The molecule has 0 amide bonds. The van der Waals surface area contributed by atoms with Crippen molar-refractivity contribution < 1.29 is 0 Å². The number of rotatable bonds is 2. The molecule has 0 aromatic heterocycles. The van der Waals surface area contributed by atoms with E-state index < -0.39 is 0 Å². The fraction of sp³-hybridized carbons (Fsp3) is 0.600. The highest BCUT2D eigenvalue weighted by Gasteiger charge is 2.28. The van der Waals surface area contributed by atoms with Crippen molar-refractivity contribution in [3.05, 3.63) is 29.8 Å². The number of nitrogens with two attached hydrogens (primary N) is 1. The van der Waals surface area contributed by atoms with Crippen molar-refractivity contribution in [1.82, 2.24) is 4.90 Å². The van der Waals surface area contributed by atoms with Crippen LogP contribution in [-0.4, -0.2) is 17.5 Å². The molecule has 2 nitrogen and oxygen atoms in total. The maximum absolute atomic E-state index is 5.72. The molecule has 2 N–H and O–H groups in total. The number of piperidine rings is 1. The fourth-order valence-electron chi connectivity index (χ4n) is 2.90. The van der Waals surface area contributed by atoms with Gasteiger partial charge in [-0.1, -0.05) is 26.0 Å². The van der Waals surface area contributed by atoms with Crippen LogP contribution in [0.3, 0.4) is 0 Å². The van der Waals surface area contributed by atoms with Crippen LogP contribution in [0.5, 0.6) is 0 Å². The van der Waals surface area contributed by atoms with E-state index in [1.165, 1.54) is 18.5 Å². The third-order valence-corrected chi connectivity index (χ3v) is 4.09. The van der Waals surface area contributed by atoms with Crippen molar-refractivity contribution in [2.45, 2.75) is 39.8 Å². The van der Waals surface area contributed by atoms with Crippen LogP contribution in [0.2, 0.25) is 0 Å². The quantitative estimate of drug-likeness (QED) is 0.794. The second-order valence-electron chi connectivity index (χ2n) is 5.73. The number of anilines is 1. The van der Waals surface area contributed by atoms with E-state index in [0.29, 0.717) is 6.04 Å². The topological polar surface area (TPSA) is 29.3 Å². The third-order valence-electron chi connectivity index (χ3n) is 4.09. The number of likely N-dealkylation sites (tertiary alicyclic amines) is 1. The van der Waals surface area contributed by atoms with Gasteiger partial charge in [-0.15, -0.1) is 0 Å². The molecule has 1 aliphatic rings. The molecule has 0 radical (unpaired) electrons. The Morgan fingerprint density at radius 2 is 1.82 bits per heavy atom. The summed E-state index contributed by atoms with van der Waals surface area (Å²) in [5.74, 6) is 1.61. The third kappa shape index (κ3) is 3.01. The van der Waals surface area contributed by atoms with Crippen molar-refractivity contribution in [2.75, 3.05) is 12.3 Å². The van der Waals surface area contributed by atoms with Gasteiger partial charge in [0.05, 0.1) is 0 Å². The normalized spacial score (nSPS) is 30.4. The highest BCUT2D eigenvalue weighted by Crippen LogP contribution is 2.28. The van der Waals surface area contributed by atoms with E-state index in [-0.39, 0.29) is 0 Å². The van der Waals surface area contributed by atoms with Crippen LogP contribution in [0.4, 0.5) is 5.69 Å². The Balaban J connectivity index is 2.04. The average molecular weight is 232 g/mol. The summed E-state index contributed by atoms with van der Waals surface area (Å²) in [7, 11) is 0. The van der Waals surface area contributed by atoms with Crippen LogP contribution in [0.15, 0.2) is 24.3 Å². The van der Waals surface area contributed by atoms with Crippen LogP contribution >= 0.6 is 0 Å². The molecule has 3 atom stereocenters. The molecule has 94 valence electrons. The molecule has 1 aromatic rings. The Bertz CT molecular complexity index is 358. The zero-order valence-electron chi connectivity index (χ0n) is 11.2. The summed E-state index contributed by atoms with van der Waals surface area (Å²) in [6, 6.07) is 8.97. The highest BCUT2D eigenvalue weighted by atomic mass is 15.2. The summed E-state index contributed by atoms with van der Waals surface area (Å²) in [6.45, 7) is 9.36. The van der Waals surface area contributed by atoms with Gasteiger partial charge >= 0.3 is 0 Å². The van der Waals surface area contributed by atoms with Gasteiger partial charge in [0, 0.05) is 24.8 Å². The van der Waals surface area contributed by atoms with Crippen molar-refractivity contribution >= 4 is 5.69 Å². The Labute approximate surface area is 105 Å². The van der Waals surface area contributed by atoms with Crippen LogP contribution in [0.25, 0.3) is 0 Å². The Hall–Kier alpha value is -1.02. The Morgan fingerprint density at radius 3 is 2.47 bits per heavy atom. The maximum atomic E-state index is 5.72. The van der Waals surface area contributed by atoms with Gasteiger partial charge in [0.1, 0.15) is 0 Å². The first-order chi connectivity index (χ1) is 8.06. The van der Waals surface area contributed by atoms with E-state index in [1.807, 2.05) is 12.1 Å². The van der Waals surface area contributed by atoms with Crippen molar-refractivity contribution in [3.63, 3.8) is 0 Å². The number of benzene rings is 1. The Morgan fingerprint density at radius 1 is 1.18 bits per heavy atom. The van der Waals surface area contributed by atoms with Gasteiger partial charge in [-0.05, 0) is 42.9 Å². The predicted octanol–water partition coefficient (Wildman–Crippen LogP) is 3.14. The van der Waals surface area contributed by atoms with Crippen molar-refractivity contribution in [1.29, 1.82) is 0 Å². The lowest BCUT2D eigenvalue weighted by Gasteiger charge is -2.41. The highest BCUT2D eigenvalue weighted by molar-refractivity contribution is 5.39. The lowest BCUT2D eigenvalue weighted by Crippen LogP contribution is -2.45. The molecule has 17 heavy (non-hydrogen) atoms. The van der Waals surface area contributed by atoms with Crippen LogP contribution in [0.1, 0.15) is 32.8 Å². The zero-order chi connectivity index (χ0) is 12.4. The summed E-state index contributed by atoms with van der Waals surface area (Å²) < 4.78 is 0. The molecule has 1 fully saturated rings. The lowest BCUT2D eigenvalue weighted by molar-refractivity contribution is 0.0730. The van der Waals surface area contributed by atoms with E-state index in [1.54, 1.807) is 0 Å². The van der Waals surface area contributed by atoms with E-state index >= 15 is 0 Å². The summed E-state index contributed by atoms with van der Waals surface area (Å²) in [5, 5.41) is 0. The van der Waals surface area contributed by atoms with Crippen LogP contribution in [-0.2, 0) is 6.54 Å². The smallest absolute Gasteiger partial charge is 0.0314 e. The molecule has 1 heterocycles. The van der Waals surface area contributed by atoms with Gasteiger partial charge in [-0.2, -0.15) is 0 Å². The zero-order valence-corrected chi connectivity index (χ0v) is 11.2. The van der Waals surface area contributed by atoms with Gasteiger partial charge in [-0.25, -0.2) is 0 Å². The largest absolute Gasteiger partial charge is 0.399 e.